The average Bonchev–Trinajstić information content (AvgIpc) is 3.21. The van der Waals surface area contributed by atoms with Gasteiger partial charge in [0.2, 0.25) is 5.91 Å². The molecule has 2 heterocycles. The third kappa shape index (κ3) is 3.24. The van der Waals surface area contributed by atoms with Crippen molar-refractivity contribution in [2.75, 3.05) is 16.8 Å². The number of nitrogens with one attached hydrogen (secondary N) is 1. The summed E-state index contributed by atoms with van der Waals surface area (Å²) in [6, 6.07) is 9.34. The highest BCUT2D eigenvalue weighted by Gasteiger charge is 2.55. The molecule has 4 rings (SSSR count). The van der Waals surface area contributed by atoms with Crippen molar-refractivity contribution in [1.82, 2.24) is 5.01 Å². The molecule has 0 aliphatic carbocycles. The summed E-state index contributed by atoms with van der Waals surface area (Å²) in [6.45, 7) is 7.54. The van der Waals surface area contributed by atoms with Crippen LogP contribution in [0.1, 0.15) is 22.3 Å². The van der Waals surface area contributed by atoms with Gasteiger partial charge in [0.15, 0.2) is 12.1 Å². The Hall–Kier alpha value is -3.55. The van der Waals surface area contributed by atoms with E-state index in [1.54, 1.807) is 12.1 Å². The summed E-state index contributed by atoms with van der Waals surface area (Å²) in [5, 5.41) is 12.1. The molecule has 0 saturated carbocycles. The van der Waals surface area contributed by atoms with E-state index in [1.165, 1.54) is 5.01 Å². The maximum atomic E-state index is 13.1. The van der Waals surface area contributed by atoms with E-state index in [9.17, 15) is 14.4 Å². The summed E-state index contributed by atoms with van der Waals surface area (Å²) in [5.74, 6) is -1.16. The number of aryl methyl sites for hydroxylation is 4. The molecular weight excluding hydrogens is 382 g/mol. The summed E-state index contributed by atoms with van der Waals surface area (Å²) in [7, 11) is 0. The third-order valence-corrected chi connectivity index (χ3v) is 5.66. The largest absolute Gasteiger partial charge is 0.324 e. The SMILES string of the molecule is Cc1ccc(N2C(=O)[C@@H]3N=NN(CC(=O)Nc4c(C)cccc4C)[C@H]3C2=O)cc1C. The molecule has 8 nitrogen and oxygen atoms in total. The summed E-state index contributed by atoms with van der Waals surface area (Å²) in [5.41, 5.74) is 5.19. The maximum absolute atomic E-state index is 13.1. The number of amides is 3. The van der Waals surface area contributed by atoms with E-state index in [1.807, 2.05) is 52.0 Å². The molecule has 1 N–H and O–H groups in total. The Morgan fingerprint density at radius 3 is 2.33 bits per heavy atom. The lowest BCUT2D eigenvalue weighted by Crippen LogP contribution is -2.43. The summed E-state index contributed by atoms with van der Waals surface area (Å²) >= 11 is 0. The first kappa shape index (κ1) is 19.8. The monoisotopic (exact) mass is 405 g/mol. The predicted molar refractivity (Wildman–Crippen MR) is 112 cm³/mol. The van der Waals surface area contributed by atoms with Crippen LogP contribution in [-0.2, 0) is 14.4 Å². The Labute approximate surface area is 174 Å². The van der Waals surface area contributed by atoms with Crippen molar-refractivity contribution < 1.29 is 14.4 Å². The zero-order valence-corrected chi connectivity index (χ0v) is 17.3. The van der Waals surface area contributed by atoms with Gasteiger partial charge in [-0.3, -0.25) is 19.4 Å². The molecule has 30 heavy (non-hydrogen) atoms. The van der Waals surface area contributed by atoms with E-state index in [-0.39, 0.29) is 12.5 Å². The normalized spacial score (nSPS) is 20.1. The maximum Gasteiger partial charge on any atom is 0.263 e. The lowest BCUT2D eigenvalue weighted by Gasteiger charge is -2.21. The van der Waals surface area contributed by atoms with Gasteiger partial charge in [-0.2, -0.15) is 5.11 Å². The van der Waals surface area contributed by atoms with Crippen LogP contribution < -0.4 is 10.2 Å². The molecule has 1 fully saturated rings. The van der Waals surface area contributed by atoms with E-state index in [2.05, 4.69) is 15.7 Å². The fourth-order valence-corrected chi connectivity index (χ4v) is 3.81. The quantitative estimate of drug-likeness (QED) is 0.792. The molecule has 0 spiro atoms. The topological polar surface area (TPSA) is 94.4 Å². The lowest BCUT2D eigenvalue weighted by molar-refractivity contribution is -0.123. The highest BCUT2D eigenvalue weighted by molar-refractivity contribution is 6.25. The van der Waals surface area contributed by atoms with Crippen LogP contribution in [0.3, 0.4) is 0 Å². The van der Waals surface area contributed by atoms with Gasteiger partial charge >= 0.3 is 0 Å². The summed E-state index contributed by atoms with van der Waals surface area (Å²) in [4.78, 5) is 39.7. The van der Waals surface area contributed by atoms with Crippen molar-refractivity contribution in [3.63, 3.8) is 0 Å². The Bertz CT molecular complexity index is 1070. The van der Waals surface area contributed by atoms with Crippen molar-refractivity contribution in [3.8, 4) is 0 Å². The van der Waals surface area contributed by atoms with Crippen LogP contribution in [-0.4, -0.2) is 41.4 Å². The van der Waals surface area contributed by atoms with Gasteiger partial charge in [0, 0.05) is 5.69 Å². The number of hydrogen-bond acceptors (Lipinski definition) is 6. The number of benzene rings is 2. The summed E-state index contributed by atoms with van der Waals surface area (Å²) < 4.78 is 0. The van der Waals surface area contributed by atoms with Crippen molar-refractivity contribution in [3.05, 3.63) is 58.7 Å². The van der Waals surface area contributed by atoms with Gasteiger partial charge in [-0.05, 0) is 62.1 Å². The van der Waals surface area contributed by atoms with Crippen LogP contribution in [0, 0.1) is 27.7 Å². The minimum atomic E-state index is -0.924. The van der Waals surface area contributed by atoms with Gasteiger partial charge in [0.05, 0.1) is 5.69 Å². The minimum Gasteiger partial charge on any atom is -0.324 e. The number of carbonyl (C=O) groups is 3. The third-order valence-electron chi connectivity index (χ3n) is 5.66. The van der Waals surface area contributed by atoms with Crippen LogP contribution in [0.25, 0.3) is 0 Å². The zero-order valence-electron chi connectivity index (χ0n) is 17.3. The molecule has 0 radical (unpaired) electrons. The van der Waals surface area contributed by atoms with E-state index in [0.717, 1.165) is 32.8 Å². The molecule has 0 unspecified atom stereocenters. The number of anilines is 2. The first-order valence-corrected chi connectivity index (χ1v) is 9.76. The molecule has 3 amide bonds. The molecule has 2 aliphatic heterocycles. The molecule has 8 heteroatoms. The second kappa shape index (κ2) is 7.37. The molecule has 2 atom stereocenters. The minimum absolute atomic E-state index is 0.168. The average molecular weight is 405 g/mol. The van der Waals surface area contributed by atoms with E-state index in [0.29, 0.717) is 5.69 Å². The highest BCUT2D eigenvalue weighted by atomic mass is 16.2. The Kier molecular flexibility index (Phi) is 4.85. The second-order valence-electron chi connectivity index (χ2n) is 7.79. The predicted octanol–water partition coefficient (Wildman–Crippen LogP) is 2.85. The Morgan fingerprint density at radius 2 is 1.67 bits per heavy atom. The zero-order chi connectivity index (χ0) is 21.6. The second-order valence-corrected chi connectivity index (χ2v) is 7.79. The van der Waals surface area contributed by atoms with Crippen LogP contribution >= 0.6 is 0 Å². The van der Waals surface area contributed by atoms with Crippen LogP contribution in [0.2, 0.25) is 0 Å². The van der Waals surface area contributed by atoms with Gasteiger partial charge in [0.25, 0.3) is 11.8 Å². The fourth-order valence-electron chi connectivity index (χ4n) is 3.81. The molecular formula is C22H23N5O3. The smallest absolute Gasteiger partial charge is 0.263 e. The van der Waals surface area contributed by atoms with Gasteiger partial charge in [-0.25, -0.2) is 4.90 Å². The molecule has 1 saturated heterocycles. The molecule has 154 valence electrons. The summed E-state index contributed by atoms with van der Waals surface area (Å²) in [6.07, 6.45) is 0. The Balaban J connectivity index is 1.52. The number of fused-ring (bicyclic) bond motifs is 1. The van der Waals surface area contributed by atoms with Crippen molar-refractivity contribution in [2.45, 2.75) is 39.8 Å². The number of imide groups is 1. The number of carbonyl (C=O) groups excluding carboxylic acids is 3. The van der Waals surface area contributed by atoms with Crippen LogP contribution in [0.15, 0.2) is 46.7 Å². The van der Waals surface area contributed by atoms with Gasteiger partial charge in [-0.15, -0.1) is 0 Å². The van der Waals surface area contributed by atoms with E-state index in [4.69, 9.17) is 0 Å². The first-order chi connectivity index (χ1) is 14.3. The number of rotatable bonds is 4. The molecule has 2 aromatic rings. The van der Waals surface area contributed by atoms with Crippen LogP contribution in [0.4, 0.5) is 11.4 Å². The number of nitrogens with zero attached hydrogens (tertiary/aromatic N) is 4. The molecule has 2 aromatic carbocycles. The van der Waals surface area contributed by atoms with E-state index >= 15 is 0 Å². The Morgan fingerprint density at radius 1 is 0.967 bits per heavy atom. The van der Waals surface area contributed by atoms with Crippen molar-refractivity contribution in [1.29, 1.82) is 0 Å². The number of hydrogen-bond donors (Lipinski definition) is 1. The van der Waals surface area contributed by atoms with Gasteiger partial charge in [-0.1, -0.05) is 29.5 Å². The fraction of sp³-hybridized carbons (Fsp3) is 0.318. The van der Waals surface area contributed by atoms with Crippen LogP contribution in [0.5, 0.6) is 0 Å². The van der Waals surface area contributed by atoms with Crippen molar-refractivity contribution in [2.24, 2.45) is 10.3 Å². The van der Waals surface area contributed by atoms with Crippen molar-refractivity contribution >= 4 is 29.1 Å². The van der Waals surface area contributed by atoms with E-state index < -0.39 is 23.9 Å². The molecule has 2 aliphatic rings. The lowest BCUT2D eigenvalue weighted by atomic mass is 10.1. The highest BCUT2D eigenvalue weighted by Crippen LogP contribution is 2.32. The van der Waals surface area contributed by atoms with Gasteiger partial charge < -0.3 is 5.32 Å². The number of para-hydroxylation sites is 1. The molecule has 0 aromatic heterocycles. The first-order valence-electron chi connectivity index (χ1n) is 9.76. The molecule has 0 bridgehead atoms. The standard InChI is InChI=1S/C22H23N5O3/c1-12-8-9-16(10-15(12)4)27-21(29)19-20(22(27)30)26(25-24-19)11-17(28)23-18-13(2)6-5-7-14(18)3/h5-10,19-20H,11H2,1-4H3,(H,23,28)/t19-,20-/m1/s1. The van der Waals surface area contributed by atoms with Gasteiger partial charge in [0.1, 0.15) is 6.54 Å².